The normalized spacial score (nSPS) is 16.9. The van der Waals surface area contributed by atoms with Crippen molar-refractivity contribution in [2.45, 2.75) is 154 Å². The number of aromatic nitrogens is 5. The highest BCUT2D eigenvalue weighted by atomic mass is 19.3. The van der Waals surface area contributed by atoms with Gasteiger partial charge < -0.3 is 66.6 Å². The summed E-state index contributed by atoms with van der Waals surface area (Å²) in [6, 6.07) is 22.5. The lowest BCUT2D eigenvalue weighted by molar-refractivity contribution is -0.180. The number of alkyl halides is 6. The van der Waals surface area contributed by atoms with Gasteiger partial charge in [-0.15, -0.1) is 0 Å². The van der Waals surface area contributed by atoms with Crippen molar-refractivity contribution in [1.82, 2.24) is 24.9 Å². The van der Waals surface area contributed by atoms with Gasteiger partial charge in [0.1, 0.15) is 105 Å². The van der Waals surface area contributed by atoms with E-state index >= 15 is 0 Å². The smallest absolute Gasteiger partial charge is 0.345 e. The van der Waals surface area contributed by atoms with E-state index < -0.39 is 138 Å². The van der Waals surface area contributed by atoms with Crippen LogP contribution < -0.4 is 52.4 Å². The van der Waals surface area contributed by atoms with Crippen LogP contribution in [0.25, 0.3) is 55.6 Å². The van der Waals surface area contributed by atoms with Crippen LogP contribution in [-0.4, -0.2) is 124 Å². The summed E-state index contributed by atoms with van der Waals surface area (Å²) < 4.78 is 252. The molecule has 5 aliphatic heterocycles. The fourth-order valence-corrected chi connectivity index (χ4v) is 14.0. The van der Waals surface area contributed by atoms with E-state index in [1.165, 1.54) is 86.6 Å². The lowest BCUT2D eigenvalue weighted by Gasteiger charge is -2.30. The Morgan fingerprint density at radius 1 is 0.331 bits per heavy atom. The van der Waals surface area contributed by atoms with E-state index in [1.54, 1.807) is 0 Å². The average Bonchev–Trinajstić information content (AvgIpc) is 0.572. The summed E-state index contributed by atoms with van der Waals surface area (Å²) in [6.07, 6.45) is 0.572. The van der Waals surface area contributed by atoms with Crippen LogP contribution in [-0.2, 0) is 46.3 Å². The fourth-order valence-electron chi connectivity index (χ4n) is 14.0. The summed E-state index contributed by atoms with van der Waals surface area (Å²) in [5.41, 5.74) is 31.0. The molecule has 0 fully saturated rings. The predicted octanol–water partition coefficient (Wildman–Crippen LogP) is 15.6. The first-order chi connectivity index (χ1) is 58.8. The van der Waals surface area contributed by atoms with Gasteiger partial charge in [0.05, 0.1) is 31.0 Å². The number of benzene rings is 5. The molecule has 23 nitrogen and oxygen atoms in total. The predicted molar refractivity (Wildman–Crippen MR) is 411 cm³/mol. The molecule has 0 radical (unpaired) electrons. The van der Waals surface area contributed by atoms with Crippen molar-refractivity contribution in [3.8, 4) is 85.0 Å². The Bertz CT molecular complexity index is 5430. The number of nitrogens with zero attached hydrogens (tertiary/aromatic N) is 5. The van der Waals surface area contributed by atoms with Gasteiger partial charge in [0.15, 0.2) is 0 Å². The van der Waals surface area contributed by atoms with E-state index in [4.69, 9.17) is 52.4 Å². The number of primary amides is 5. The Labute approximate surface area is 694 Å². The number of fused-ring (bicyclic) bond motifs is 5. The number of halogens is 16. The van der Waals surface area contributed by atoms with Crippen LogP contribution in [0, 0.1) is 58.2 Å². The minimum atomic E-state index is -2.96. The summed E-state index contributed by atoms with van der Waals surface area (Å²) in [5.74, 6) is -11.0. The van der Waals surface area contributed by atoms with Crippen LogP contribution in [0.2, 0.25) is 0 Å². The average molecular weight is 1750 g/mol. The number of nitrogens with two attached hydrogens (primary N) is 5. The monoisotopic (exact) mass is 1750 g/mol. The summed E-state index contributed by atoms with van der Waals surface area (Å²) in [7, 11) is 0. The Hall–Kier alpha value is -13.0. The molecule has 0 saturated heterocycles. The van der Waals surface area contributed by atoms with Crippen LogP contribution >= 0.6 is 0 Å². The number of hydrogen-bond donors (Lipinski definition) is 5. The van der Waals surface area contributed by atoms with Gasteiger partial charge in [-0.25, -0.2) is 68.8 Å². The molecule has 10 aromatic rings. The van der Waals surface area contributed by atoms with Crippen molar-refractivity contribution in [3.05, 3.63) is 236 Å². The van der Waals surface area contributed by atoms with Gasteiger partial charge in [0, 0.05) is 86.0 Å². The largest absolute Gasteiger partial charge is 0.474 e. The third-order valence-electron chi connectivity index (χ3n) is 20.0. The molecular weight excluding hydrogens is 1670 g/mol. The molecule has 7 atom stereocenters. The molecule has 5 amide bonds. The number of amides is 5. The van der Waals surface area contributed by atoms with Crippen LogP contribution in [0.4, 0.5) is 70.2 Å². The van der Waals surface area contributed by atoms with Gasteiger partial charge >= 0.3 is 19.8 Å². The zero-order chi connectivity index (χ0) is 90.0. The number of carbonyl (C=O) groups is 5. The quantitative estimate of drug-likeness (QED) is 0.0469. The van der Waals surface area contributed by atoms with Crippen molar-refractivity contribution >= 4 is 29.5 Å². The molecular formula is C85H74F16N10O13. The molecule has 124 heavy (non-hydrogen) atoms. The van der Waals surface area contributed by atoms with Crippen LogP contribution in [0.15, 0.2) is 121 Å². The second-order valence-corrected chi connectivity index (χ2v) is 28.5. The minimum absolute atomic E-state index is 0.00542. The maximum Gasteiger partial charge on any atom is 0.345 e. The molecule has 5 aromatic carbocycles. The Morgan fingerprint density at radius 3 is 0.798 bits per heavy atom. The highest BCUT2D eigenvalue weighted by Gasteiger charge is 2.36. The van der Waals surface area contributed by atoms with Crippen LogP contribution in [0.1, 0.15) is 140 Å². The first-order valence-electron chi connectivity index (χ1n) is 37.8. The summed E-state index contributed by atoms with van der Waals surface area (Å²) in [6.45, 7) is -2.58. The number of carbonyl (C=O) groups excluding carboxylic acids is 5. The summed E-state index contributed by atoms with van der Waals surface area (Å²) >= 11 is 0. The molecule has 10 N–H and O–H groups in total. The molecule has 15 rings (SSSR count). The van der Waals surface area contributed by atoms with Gasteiger partial charge in [-0.3, -0.25) is 24.0 Å². The van der Waals surface area contributed by atoms with Crippen molar-refractivity contribution < 1.29 is 132 Å². The van der Waals surface area contributed by atoms with E-state index in [1.807, 2.05) is 13.8 Å². The third-order valence-corrected chi connectivity index (χ3v) is 20.0. The van der Waals surface area contributed by atoms with E-state index in [-0.39, 0.29) is 121 Å². The first kappa shape index (κ1) is 91.7. The number of rotatable bonds is 19. The molecule has 0 spiro atoms. The van der Waals surface area contributed by atoms with E-state index in [2.05, 4.69) is 39.1 Å². The second kappa shape index (κ2) is 39.9. The van der Waals surface area contributed by atoms with Crippen LogP contribution in [0.3, 0.4) is 0 Å². The van der Waals surface area contributed by atoms with E-state index in [0.29, 0.717) is 90.3 Å². The minimum Gasteiger partial charge on any atom is -0.474 e. The standard InChI is InChI=1S/2C18H16F4N2O3.C17H14F4N2O3.2C16H14F2N2O2/c2*1-8(26-18(21)22)15-5-4-11-12(10-3-2-9(19)6-13(10)20)7-14(16(23)25)24-17(11)27-15;18-8-1-3-10(13(19)5-8)12-6-14(15(22)24)23-16-11(12)4-2-9(26-16)7-25-17(20)21;2*1-8-2-4-11-12(10-5-3-9(17)6-13(10)18)7-14(15(19)21)20-16(11)22-8/h2*2-3,6-8,15,18H,4-5H2,1H3,(H2,23,25);1,3,5-6,9,17H,2,4,7H2,(H2,22,24);2*3,5-8H,2,4H2,1H3,(H2,19,21)/t8-,15+;8-,15-;9-;2*8-/m01110/s1. The number of ether oxygens (including phenoxy) is 8. The molecule has 654 valence electrons. The third kappa shape index (κ3) is 22.4. The molecule has 5 aliphatic rings. The van der Waals surface area contributed by atoms with Crippen molar-refractivity contribution in [2.75, 3.05) is 6.61 Å². The molecule has 0 unspecified atom stereocenters. The maximum absolute atomic E-state index is 14.3. The zero-order valence-corrected chi connectivity index (χ0v) is 65.6. The van der Waals surface area contributed by atoms with Gasteiger partial charge in [-0.1, -0.05) is 0 Å². The van der Waals surface area contributed by atoms with Crippen molar-refractivity contribution in [3.63, 3.8) is 0 Å². The van der Waals surface area contributed by atoms with E-state index in [9.17, 15) is 94.2 Å². The first-order valence-corrected chi connectivity index (χ1v) is 37.8. The van der Waals surface area contributed by atoms with E-state index in [0.717, 1.165) is 61.4 Å². The Morgan fingerprint density at radius 2 is 0.565 bits per heavy atom. The van der Waals surface area contributed by atoms with Gasteiger partial charge in [-0.2, -0.15) is 26.3 Å². The molecule has 39 heteroatoms. The van der Waals surface area contributed by atoms with Crippen LogP contribution in [0.5, 0.6) is 29.4 Å². The Kier molecular flexibility index (Phi) is 29.5. The second-order valence-electron chi connectivity index (χ2n) is 28.5. The molecule has 0 bridgehead atoms. The SMILES string of the molecule is C[C@@H](OC(F)F)[C@H]1CCc2c(-c3ccc(F)cc3F)cc(C(N)=O)nc2O1.C[C@@H]1CCc2c(-c3ccc(F)cc3F)cc(C(N)=O)nc2O1.C[C@H](OC(F)F)[C@H]1CCc2c(-c3ccc(F)cc3F)cc(C(N)=O)nc2O1.C[C@H]1CCc2c(-c3ccc(F)cc3F)cc(C(N)=O)nc2O1.NC(=O)c1cc(-c2ccc(F)cc2F)c2c(n1)O[C@@H](COC(F)F)CC2. The molecule has 10 heterocycles. The maximum atomic E-state index is 14.3. The molecule has 5 aromatic heterocycles. The lowest BCUT2D eigenvalue weighted by atomic mass is 9.93. The summed E-state index contributed by atoms with van der Waals surface area (Å²) in [4.78, 5) is 77.8. The Balaban J connectivity index is 0.000000151. The van der Waals surface area contributed by atoms with Gasteiger partial charge in [-0.05, 0) is 211 Å². The van der Waals surface area contributed by atoms with Crippen molar-refractivity contribution in [2.24, 2.45) is 28.7 Å². The van der Waals surface area contributed by atoms with Gasteiger partial charge in [0.25, 0.3) is 29.5 Å². The zero-order valence-electron chi connectivity index (χ0n) is 65.6. The lowest BCUT2D eigenvalue weighted by Crippen LogP contribution is -2.36. The van der Waals surface area contributed by atoms with Gasteiger partial charge in [0.2, 0.25) is 29.4 Å². The topological polar surface area (TPSA) is 354 Å². The highest BCUT2D eigenvalue weighted by Crippen LogP contribution is 2.44. The molecule has 0 aliphatic carbocycles. The highest BCUT2D eigenvalue weighted by molar-refractivity contribution is 5.96. The number of pyridine rings is 5. The molecule has 0 saturated carbocycles. The van der Waals surface area contributed by atoms with Crippen molar-refractivity contribution in [1.29, 1.82) is 0 Å². The fraction of sp³-hybridized carbons (Fsp3) is 0.294. The number of hydrogen-bond acceptors (Lipinski definition) is 18. The summed E-state index contributed by atoms with van der Waals surface area (Å²) in [5, 5.41) is 0.